The molecule has 2 atom stereocenters. The Morgan fingerprint density at radius 2 is 1.76 bits per heavy atom. The summed E-state index contributed by atoms with van der Waals surface area (Å²) in [5.74, 6) is 1.98. The molecule has 2 aromatic heterocycles. The number of phenolic OH excluding ortho intramolecular Hbond substituents is 1. The van der Waals surface area contributed by atoms with Gasteiger partial charge >= 0.3 is 0 Å². The van der Waals surface area contributed by atoms with Crippen LogP contribution in [0.3, 0.4) is 0 Å². The second-order valence-corrected chi connectivity index (χ2v) is 11.4. The van der Waals surface area contributed by atoms with Crippen LogP contribution in [-0.2, 0) is 6.42 Å². The summed E-state index contributed by atoms with van der Waals surface area (Å²) in [6, 6.07) is 17.6. The maximum atomic E-state index is 10.6. The highest BCUT2D eigenvalue weighted by Crippen LogP contribution is 2.43. The van der Waals surface area contributed by atoms with Gasteiger partial charge in [0.15, 0.2) is 0 Å². The number of fused-ring (bicyclic) bond motifs is 4. The number of aromatic hydroxyl groups is 1. The standard InChI is InChI=1S/C34H37N3O5/c1-21-22(2)33-27(23(3)32(21)39)13-15-34(4,42-33)20-40-26-11-9-24(10-12-26)36-17-25(38)19-41-37-30-8-6-5-7-28(30)29-18-35-16-14-31(29)37/h5-12,14,16,18,25,36,38-39H,13,15,17,19-20H2,1-4H3. The van der Waals surface area contributed by atoms with Crippen LogP contribution in [0.4, 0.5) is 5.69 Å². The first-order valence-corrected chi connectivity index (χ1v) is 14.4. The topological polar surface area (TPSA) is 98.0 Å². The molecule has 0 fully saturated rings. The van der Waals surface area contributed by atoms with E-state index in [1.54, 1.807) is 10.9 Å². The van der Waals surface area contributed by atoms with Crippen LogP contribution >= 0.6 is 0 Å². The molecule has 5 aromatic rings. The molecular weight excluding hydrogens is 530 g/mol. The maximum Gasteiger partial charge on any atom is 0.142 e. The average Bonchev–Trinajstić information content (AvgIpc) is 3.34. The molecule has 0 saturated heterocycles. The van der Waals surface area contributed by atoms with Gasteiger partial charge in [-0.15, -0.1) is 0 Å². The van der Waals surface area contributed by atoms with Gasteiger partial charge in [0, 0.05) is 41.0 Å². The predicted octanol–water partition coefficient (Wildman–Crippen LogP) is 5.88. The Morgan fingerprint density at radius 3 is 2.57 bits per heavy atom. The normalized spacial score (nSPS) is 17.1. The number of phenols is 1. The molecule has 0 bridgehead atoms. The Hall–Kier alpha value is -4.43. The van der Waals surface area contributed by atoms with Gasteiger partial charge < -0.3 is 29.8 Å². The van der Waals surface area contributed by atoms with Crippen LogP contribution in [0, 0.1) is 20.8 Å². The highest BCUT2D eigenvalue weighted by atomic mass is 16.7. The minimum atomic E-state index is -0.720. The molecule has 42 heavy (non-hydrogen) atoms. The number of anilines is 1. The van der Waals surface area contributed by atoms with Crippen molar-refractivity contribution in [2.24, 2.45) is 0 Å². The van der Waals surface area contributed by atoms with Crippen molar-refractivity contribution in [1.82, 2.24) is 9.71 Å². The predicted molar refractivity (Wildman–Crippen MR) is 165 cm³/mol. The Morgan fingerprint density at radius 1 is 1.00 bits per heavy atom. The molecule has 1 aliphatic rings. The molecule has 0 amide bonds. The zero-order valence-corrected chi connectivity index (χ0v) is 24.5. The Balaban J connectivity index is 1.02. The van der Waals surface area contributed by atoms with Crippen LogP contribution in [0.2, 0.25) is 0 Å². The summed E-state index contributed by atoms with van der Waals surface area (Å²) in [4.78, 5) is 10.3. The van der Waals surface area contributed by atoms with Crippen LogP contribution < -0.4 is 19.6 Å². The van der Waals surface area contributed by atoms with Gasteiger partial charge in [-0.25, -0.2) is 0 Å². The van der Waals surface area contributed by atoms with Crippen molar-refractivity contribution in [2.75, 3.05) is 25.1 Å². The molecule has 3 N–H and O–H groups in total. The van der Waals surface area contributed by atoms with Gasteiger partial charge in [-0.1, -0.05) is 18.2 Å². The van der Waals surface area contributed by atoms with E-state index in [0.717, 1.165) is 74.1 Å². The Kier molecular flexibility index (Phi) is 7.33. The van der Waals surface area contributed by atoms with E-state index < -0.39 is 11.7 Å². The first-order valence-electron chi connectivity index (χ1n) is 14.4. The number of aliphatic hydroxyl groups is 1. The second-order valence-electron chi connectivity index (χ2n) is 11.4. The summed E-state index contributed by atoms with van der Waals surface area (Å²) < 4.78 is 14.4. The summed E-state index contributed by atoms with van der Waals surface area (Å²) in [5, 5.41) is 26.4. The molecule has 8 heteroatoms. The number of nitrogens with zero attached hydrogens (tertiary/aromatic N) is 2. The summed E-state index contributed by atoms with van der Waals surface area (Å²) in [7, 11) is 0. The van der Waals surface area contributed by atoms with E-state index >= 15 is 0 Å². The van der Waals surface area contributed by atoms with E-state index in [1.165, 1.54) is 0 Å². The smallest absolute Gasteiger partial charge is 0.142 e. The van der Waals surface area contributed by atoms with Gasteiger partial charge in [0.2, 0.25) is 0 Å². The number of ether oxygens (including phenoxy) is 2. The second kappa shape index (κ2) is 11.1. The lowest BCUT2D eigenvalue weighted by Crippen LogP contribution is -2.42. The summed E-state index contributed by atoms with van der Waals surface area (Å²) >= 11 is 0. The SMILES string of the molecule is Cc1c(C)c2c(c(C)c1O)CCC(C)(COc1ccc(NCC(O)COn3c4ccccc4c4cnccc43)cc1)O2. The number of benzene rings is 3. The highest BCUT2D eigenvalue weighted by Gasteiger charge is 2.35. The fourth-order valence-electron chi connectivity index (χ4n) is 5.68. The number of hydrogen-bond acceptors (Lipinski definition) is 7. The minimum absolute atomic E-state index is 0.129. The first kappa shape index (κ1) is 27.7. The molecule has 0 spiro atoms. The number of pyridine rings is 1. The molecule has 2 unspecified atom stereocenters. The zero-order chi connectivity index (χ0) is 29.4. The maximum absolute atomic E-state index is 10.6. The summed E-state index contributed by atoms with van der Waals surface area (Å²) in [6.07, 6.45) is 4.48. The van der Waals surface area contributed by atoms with Gasteiger partial charge in [0.05, 0.1) is 11.0 Å². The number of para-hydroxylation sites is 1. The lowest BCUT2D eigenvalue weighted by Gasteiger charge is -2.37. The van der Waals surface area contributed by atoms with Crippen LogP contribution in [0.5, 0.6) is 17.2 Å². The van der Waals surface area contributed by atoms with E-state index in [1.807, 2.05) is 81.6 Å². The Labute approximate surface area is 245 Å². The third-order valence-corrected chi connectivity index (χ3v) is 8.36. The van der Waals surface area contributed by atoms with E-state index in [4.69, 9.17) is 14.3 Å². The van der Waals surface area contributed by atoms with Crippen molar-refractivity contribution in [2.45, 2.75) is 52.2 Å². The molecule has 6 rings (SSSR count). The molecule has 0 saturated carbocycles. The van der Waals surface area contributed by atoms with E-state index in [0.29, 0.717) is 18.9 Å². The van der Waals surface area contributed by atoms with Crippen molar-refractivity contribution in [1.29, 1.82) is 0 Å². The van der Waals surface area contributed by atoms with Crippen LogP contribution in [0.15, 0.2) is 67.0 Å². The van der Waals surface area contributed by atoms with Crippen molar-refractivity contribution in [3.8, 4) is 17.2 Å². The van der Waals surface area contributed by atoms with Gasteiger partial charge in [0.1, 0.15) is 42.2 Å². The third-order valence-electron chi connectivity index (χ3n) is 8.36. The number of nitrogens with one attached hydrogen (secondary N) is 1. The molecule has 3 heterocycles. The monoisotopic (exact) mass is 567 g/mol. The lowest BCUT2D eigenvalue weighted by atomic mass is 9.87. The summed E-state index contributed by atoms with van der Waals surface area (Å²) in [6.45, 7) is 8.82. The van der Waals surface area contributed by atoms with Crippen molar-refractivity contribution >= 4 is 27.5 Å². The summed E-state index contributed by atoms with van der Waals surface area (Å²) in [5.41, 5.74) is 6.09. The van der Waals surface area contributed by atoms with E-state index in [2.05, 4.69) is 17.2 Å². The van der Waals surface area contributed by atoms with E-state index in [-0.39, 0.29) is 6.61 Å². The number of rotatable bonds is 9. The van der Waals surface area contributed by atoms with Crippen LogP contribution in [-0.4, -0.2) is 51.4 Å². The van der Waals surface area contributed by atoms with Crippen LogP contribution in [0.1, 0.15) is 35.6 Å². The quantitative estimate of drug-likeness (QED) is 0.205. The average molecular weight is 568 g/mol. The molecule has 3 aromatic carbocycles. The fraction of sp³-hybridized carbons (Fsp3) is 0.324. The number of aliphatic hydroxyl groups excluding tert-OH is 1. The molecule has 1 aliphatic heterocycles. The van der Waals surface area contributed by atoms with Crippen molar-refractivity contribution < 1.29 is 24.5 Å². The highest BCUT2D eigenvalue weighted by molar-refractivity contribution is 6.07. The van der Waals surface area contributed by atoms with Crippen LogP contribution in [0.25, 0.3) is 21.8 Å². The molecule has 218 valence electrons. The van der Waals surface area contributed by atoms with Crippen molar-refractivity contribution in [3.05, 3.63) is 89.2 Å². The third kappa shape index (κ3) is 5.18. The molecule has 0 radical (unpaired) electrons. The number of aromatic nitrogens is 2. The largest absolute Gasteiger partial charge is 0.507 e. The molecule has 0 aliphatic carbocycles. The first-order chi connectivity index (χ1) is 20.2. The molecular formula is C34H37N3O5. The Bertz CT molecular complexity index is 1690. The van der Waals surface area contributed by atoms with Crippen molar-refractivity contribution in [3.63, 3.8) is 0 Å². The van der Waals surface area contributed by atoms with E-state index in [9.17, 15) is 10.2 Å². The van der Waals surface area contributed by atoms with Gasteiger partial charge in [-0.05, 0) is 93.6 Å². The zero-order valence-electron chi connectivity index (χ0n) is 24.5. The van der Waals surface area contributed by atoms with Gasteiger partial charge in [0.25, 0.3) is 0 Å². The fourth-order valence-corrected chi connectivity index (χ4v) is 5.68. The molecule has 8 nitrogen and oxygen atoms in total. The lowest BCUT2D eigenvalue weighted by molar-refractivity contribution is 0.0166. The van der Waals surface area contributed by atoms with Gasteiger partial charge in [-0.3, -0.25) is 4.98 Å². The minimum Gasteiger partial charge on any atom is -0.507 e. The number of hydrogen-bond donors (Lipinski definition) is 3. The van der Waals surface area contributed by atoms with Gasteiger partial charge in [-0.2, -0.15) is 4.73 Å².